The SMILES string of the molecule is O=S(=O)(NCl)C1(C2CCCCC2)C=CC=CC1. The van der Waals surface area contributed by atoms with Gasteiger partial charge in [0.1, 0.15) is 4.75 Å². The molecule has 17 heavy (non-hydrogen) atoms. The van der Waals surface area contributed by atoms with Crippen LogP contribution in [0.5, 0.6) is 0 Å². The monoisotopic (exact) mass is 275 g/mol. The van der Waals surface area contributed by atoms with E-state index in [9.17, 15) is 8.42 Å². The molecule has 2 aliphatic carbocycles. The molecule has 0 amide bonds. The first-order valence-electron chi connectivity index (χ1n) is 6.09. The molecule has 0 heterocycles. The largest absolute Gasteiger partial charge is 0.234 e. The summed E-state index contributed by atoms with van der Waals surface area (Å²) in [5, 5.41) is 0. The van der Waals surface area contributed by atoms with Gasteiger partial charge in [-0.15, -0.1) is 4.24 Å². The Kier molecular flexibility index (Phi) is 3.95. The second kappa shape index (κ2) is 5.12. The summed E-state index contributed by atoms with van der Waals surface area (Å²) in [4.78, 5) is 0. The van der Waals surface area contributed by atoms with Crippen LogP contribution in [-0.2, 0) is 10.0 Å². The third-order valence-corrected chi connectivity index (χ3v) is 6.41. The molecule has 0 aromatic rings. The van der Waals surface area contributed by atoms with Crippen LogP contribution in [0.2, 0.25) is 0 Å². The quantitative estimate of drug-likeness (QED) is 0.805. The first-order chi connectivity index (χ1) is 8.12. The molecule has 96 valence electrons. The van der Waals surface area contributed by atoms with Gasteiger partial charge in [0.25, 0.3) is 0 Å². The fourth-order valence-corrected chi connectivity index (χ4v) is 4.82. The maximum absolute atomic E-state index is 12.2. The summed E-state index contributed by atoms with van der Waals surface area (Å²) in [7, 11) is -3.51. The van der Waals surface area contributed by atoms with Gasteiger partial charge in [0.05, 0.1) is 0 Å². The first kappa shape index (κ1) is 13.1. The van der Waals surface area contributed by atoms with Crippen molar-refractivity contribution >= 4 is 21.8 Å². The molecule has 0 aliphatic heterocycles. The molecule has 0 aromatic carbocycles. The molecular weight excluding hydrogens is 258 g/mol. The summed E-state index contributed by atoms with van der Waals surface area (Å²) in [5.41, 5.74) is 0. The van der Waals surface area contributed by atoms with Gasteiger partial charge in [-0.3, -0.25) is 0 Å². The van der Waals surface area contributed by atoms with E-state index in [1.807, 2.05) is 28.5 Å². The zero-order valence-electron chi connectivity index (χ0n) is 9.73. The molecule has 2 aliphatic rings. The van der Waals surface area contributed by atoms with E-state index >= 15 is 0 Å². The standard InChI is InChI=1S/C12H18ClNO2S/c13-14-17(15,16)12(9-5-2-6-10-12)11-7-3-1-4-8-11/h2,5-6,9,11,14H,1,3-4,7-8,10H2. The Morgan fingerprint density at radius 2 is 1.88 bits per heavy atom. The van der Waals surface area contributed by atoms with Crippen LogP contribution < -0.4 is 4.24 Å². The van der Waals surface area contributed by atoms with Gasteiger partial charge in [-0.05, 0) is 37.0 Å². The molecule has 0 radical (unpaired) electrons. The van der Waals surface area contributed by atoms with Crippen LogP contribution in [0, 0.1) is 5.92 Å². The zero-order chi connectivity index (χ0) is 12.4. The summed E-state index contributed by atoms with van der Waals surface area (Å²) >= 11 is 5.44. The molecule has 1 saturated carbocycles. The van der Waals surface area contributed by atoms with E-state index in [0.29, 0.717) is 6.42 Å². The lowest BCUT2D eigenvalue weighted by Gasteiger charge is -2.39. The number of hydrogen-bond acceptors (Lipinski definition) is 2. The normalized spacial score (nSPS) is 30.6. The van der Waals surface area contributed by atoms with E-state index in [-0.39, 0.29) is 5.92 Å². The van der Waals surface area contributed by atoms with Crippen LogP contribution in [0.4, 0.5) is 0 Å². The Balaban J connectivity index is 2.36. The Bertz CT molecular complexity index is 424. The second-order valence-electron chi connectivity index (χ2n) is 4.86. The van der Waals surface area contributed by atoms with E-state index in [0.717, 1.165) is 25.7 Å². The summed E-state index contributed by atoms with van der Waals surface area (Å²) < 4.78 is 25.7. The van der Waals surface area contributed by atoms with Crippen LogP contribution in [0.3, 0.4) is 0 Å². The fraction of sp³-hybridized carbons (Fsp3) is 0.667. The lowest BCUT2D eigenvalue weighted by molar-refractivity contribution is 0.297. The second-order valence-corrected chi connectivity index (χ2v) is 7.25. The van der Waals surface area contributed by atoms with E-state index in [1.54, 1.807) is 0 Å². The van der Waals surface area contributed by atoms with Gasteiger partial charge in [-0.25, -0.2) is 8.42 Å². The summed E-state index contributed by atoms with van der Waals surface area (Å²) in [6.45, 7) is 0. The van der Waals surface area contributed by atoms with Crippen LogP contribution in [0.15, 0.2) is 24.3 Å². The van der Waals surface area contributed by atoms with Crippen molar-refractivity contribution in [3.63, 3.8) is 0 Å². The average Bonchev–Trinajstić information content (AvgIpc) is 2.40. The topological polar surface area (TPSA) is 46.2 Å². The maximum atomic E-state index is 12.2. The molecule has 5 heteroatoms. The Labute approximate surface area is 108 Å². The molecule has 0 aromatic heterocycles. The van der Waals surface area contributed by atoms with Crippen LogP contribution in [0.1, 0.15) is 38.5 Å². The van der Waals surface area contributed by atoms with Crippen molar-refractivity contribution in [1.29, 1.82) is 0 Å². The lowest BCUT2D eigenvalue weighted by Crippen LogP contribution is -2.48. The fourth-order valence-electron chi connectivity index (χ4n) is 3.00. The maximum Gasteiger partial charge on any atom is 0.234 e. The predicted octanol–water partition coefficient (Wildman–Crippen LogP) is 2.89. The van der Waals surface area contributed by atoms with Crippen LogP contribution >= 0.6 is 11.8 Å². The first-order valence-corrected chi connectivity index (χ1v) is 7.95. The zero-order valence-corrected chi connectivity index (χ0v) is 11.3. The number of allylic oxidation sites excluding steroid dienone is 3. The highest BCUT2D eigenvalue weighted by Gasteiger charge is 2.47. The van der Waals surface area contributed by atoms with Crippen molar-refractivity contribution in [2.45, 2.75) is 43.3 Å². The molecule has 0 bridgehead atoms. The number of nitrogens with one attached hydrogen (secondary N) is 1. The van der Waals surface area contributed by atoms with Gasteiger partial charge < -0.3 is 0 Å². The van der Waals surface area contributed by atoms with Gasteiger partial charge in [-0.2, -0.15) is 0 Å². The smallest absolute Gasteiger partial charge is 0.210 e. The number of rotatable bonds is 3. The summed E-state index contributed by atoms with van der Waals surface area (Å²) in [6.07, 6.45) is 13.3. The molecule has 2 rings (SSSR count). The van der Waals surface area contributed by atoms with Crippen LogP contribution in [-0.4, -0.2) is 13.2 Å². The highest BCUT2D eigenvalue weighted by Crippen LogP contribution is 2.42. The molecule has 3 nitrogen and oxygen atoms in total. The molecule has 0 spiro atoms. The molecule has 1 N–H and O–H groups in total. The Hall–Kier alpha value is -0.320. The molecule has 1 unspecified atom stereocenters. The number of halogens is 1. The van der Waals surface area contributed by atoms with E-state index in [2.05, 4.69) is 0 Å². The Morgan fingerprint density at radius 1 is 1.18 bits per heavy atom. The van der Waals surface area contributed by atoms with Crippen LogP contribution in [0.25, 0.3) is 0 Å². The highest BCUT2D eigenvalue weighted by atomic mass is 35.5. The van der Waals surface area contributed by atoms with E-state index in [4.69, 9.17) is 11.8 Å². The highest BCUT2D eigenvalue weighted by molar-refractivity contribution is 7.92. The van der Waals surface area contributed by atoms with E-state index in [1.165, 1.54) is 6.42 Å². The number of hydrogen-bond donors (Lipinski definition) is 1. The van der Waals surface area contributed by atoms with Gasteiger partial charge in [0.2, 0.25) is 10.0 Å². The minimum Gasteiger partial charge on any atom is -0.210 e. The third kappa shape index (κ3) is 2.30. The van der Waals surface area contributed by atoms with Crippen molar-refractivity contribution < 1.29 is 8.42 Å². The van der Waals surface area contributed by atoms with Crippen molar-refractivity contribution in [2.24, 2.45) is 5.92 Å². The van der Waals surface area contributed by atoms with Crippen molar-refractivity contribution in [3.05, 3.63) is 24.3 Å². The van der Waals surface area contributed by atoms with Crippen molar-refractivity contribution in [1.82, 2.24) is 4.24 Å². The molecular formula is C12H18ClNO2S. The van der Waals surface area contributed by atoms with Gasteiger partial charge in [-0.1, -0.05) is 43.6 Å². The minimum atomic E-state index is -3.51. The van der Waals surface area contributed by atoms with Gasteiger partial charge in [0, 0.05) is 0 Å². The number of sulfonamides is 1. The van der Waals surface area contributed by atoms with Crippen molar-refractivity contribution in [2.75, 3.05) is 0 Å². The summed E-state index contributed by atoms with van der Waals surface area (Å²) in [6, 6.07) is 0. The lowest BCUT2D eigenvalue weighted by atomic mass is 9.76. The van der Waals surface area contributed by atoms with Gasteiger partial charge in [0.15, 0.2) is 0 Å². The molecule has 1 atom stereocenters. The molecule has 0 saturated heterocycles. The summed E-state index contributed by atoms with van der Waals surface area (Å²) in [5.74, 6) is 0.175. The third-order valence-electron chi connectivity index (χ3n) is 3.96. The molecule has 1 fully saturated rings. The minimum absolute atomic E-state index is 0.175. The Morgan fingerprint density at radius 3 is 2.41 bits per heavy atom. The van der Waals surface area contributed by atoms with Crippen molar-refractivity contribution in [3.8, 4) is 0 Å². The van der Waals surface area contributed by atoms with Gasteiger partial charge >= 0.3 is 0 Å². The predicted molar refractivity (Wildman–Crippen MR) is 70.1 cm³/mol. The van der Waals surface area contributed by atoms with E-state index < -0.39 is 14.8 Å². The average molecular weight is 276 g/mol.